The minimum Gasteiger partial charge on any atom is -0.351 e. The highest BCUT2D eigenvalue weighted by Gasteiger charge is 2.24. The summed E-state index contributed by atoms with van der Waals surface area (Å²) < 4.78 is 0. The molecule has 0 saturated carbocycles. The van der Waals surface area contributed by atoms with Crippen LogP contribution in [0.2, 0.25) is 0 Å². The Morgan fingerprint density at radius 1 is 1.69 bits per heavy atom. The minimum atomic E-state index is 0.191. The minimum absolute atomic E-state index is 0.191. The van der Waals surface area contributed by atoms with Crippen molar-refractivity contribution in [2.45, 2.75) is 32.4 Å². The Bertz CT molecular complexity index is 337. The molecule has 1 saturated heterocycles. The lowest BCUT2D eigenvalue weighted by atomic mass is 9.92. The first kappa shape index (κ1) is 11.6. The molecule has 3 nitrogen and oxygen atoms in total. The zero-order valence-electron chi connectivity index (χ0n) is 9.53. The van der Waals surface area contributed by atoms with Crippen LogP contribution >= 0.6 is 11.3 Å². The second-order valence-corrected chi connectivity index (χ2v) is 5.41. The molecule has 0 radical (unpaired) electrons. The van der Waals surface area contributed by atoms with Crippen molar-refractivity contribution in [3.8, 4) is 0 Å². The van der Waals surface area contributed by atoms with Crippen molar-refractivity contribution >= 4 is 17.2 Å². The fourth-order valence-electron chi connectivity index (χ4n) is 2.10. The molecule has 1 aliphatic heterocycles. The normalized spacial score (nSPS) is 25.3. The van der Waals surface area contributed by atoms with Gasteiger partial charge in [-0.2, -0.15) is 0 Å². The highest BCUT2D eigenvalue weighted by atomic mass is 32.1. The predicted molar refractivity (Wildman–Crippen MR) is 66.4 cm³/mol. The van der Waals surface area contributed by atoms with Crippen LogP contribution in [-0.4, -0.2) is 18.5 Å². The second-order valence-electron chi connectivity index (χ2n) is 4.37. The first-order valence-corrected chi connectivity index (χ1v) is 6.67. The quantitative estimate of drug-likeness (QED) is 0.842. The number of amides is 1. The molecule has 16 heavy (non-hydrogen) atoms. The molecule has 0 aliphatic carbocycles. The smallest absolute Gasteiger partial charge is 0.223 e. The summed E-state index contributed by atoms with van der Waals surface area (Å²) in [6.45, 7) is 3.77. The van der Waals surface area contributed by atoms with Crippen LogP contribution < -0.4 is 10.6 Å². The van der Waals surface area contributed by atoms with Gasteiger partial charge >= 0.3 is 0 Å². The second kappa shape index (κ2) is 5.46. The van der Waals surface area contributed by atoms with Gasteiger partial charge in [0.25, 0.3) is 0 Å². The molecule has 0 aromatic carbocycles. The van der Waals surface area contributed by atoms with Crippen molar-refractivity contribution in [1.29, 1.82) is 0 Å². The lowest BCUT2D eigenvalue weighted by molar-refractivity contribution is -0.126. The van der Waals surface area contributed by atoms with E-state index in [2.05, 4.69) is 23.6 Å². The van der Waals surface area contributed by atoms with Gasteiger partial charge in [-0.1, -0.05) is 6.07 Å². The molecule has 2 unspecified atom stereocenters. The summed E-state index contributed by atoms with van der Waals surface area (Å²) in [6, 6.07) is 4.53. The monoisotopic (exact) mass is 238 g/mol. The zero-order valence-corrected chi connectivity index (χ0v) is 10.3. The van der Waals surface area contributed by atoms with Gasteiger partial charge in [-0.25, -0.2) is 0 Å². The molecular weight excluding hydrogens is 220 g/mol. The van der Waals surface area contributed by atoms with Crippen molar-refractivity contribution < 1.29 is 4.79 Å². The molecule has 2 atom stereocenters. The maximum Gasteiger partial charge on any atom is 0.223 e. The number of carbonyl (C=O) groups excluding carboxylic acids is 1. The Morgan fingerprint density at radius 3 is 3.25 bits per heavy atom. The molecule has 1 aromatic heterocycles. The molecule has 88 valence electrons. The van der Waals surface area contributed by atoms with Crippen LogP contribution in [0.5, 0.6) is 0 Å². The first-order chi connectivity index (χ1) is 7.75. The molecule has 0 spiro atoms. The zero-order chi connectivity index (χ0) is 11.4. The third-order valence-electron chi connectivity index (χ3n) is 3.01. The summed E-state index contributed by atoms with van der Waals surface area (Å²) in [5.41, 5.74) is 0. The van der Waals surface area contributed by atoms with E-state index in [0.717, 1.165) is 19.4 Å². The van der Waals surface area contributed by atoms with Gasteiger partial charge < -0.3 is 10.6 Å². The van der Waals surface area contributed by atoms with E-state index in [4.69, 9.17) is 0 Å². The van der Waals surface area contributed by atoms with Crippen LogP contribution in [0.1, 0.15) is 24.6 Å². The third kappa shape index (κ3) is 3.06. The van der Waals surface area contributed by atoms with Gasteiger partial charge in [0.15, 0.2) is 0 Å². The molecule has 2 rings (SSSR count). The van der Waals surface area contributed by atoms with E-state index >= 15 is 0 Å². The summed E-state index contributed by atoms with van der Waals surface area (Å²) >= 11 is 1.69. The Kier molecular flexibility index (Phi) is 3.96. The average molecular weight is 238 g/mol. The molecule has 1 aromatic rings. The first-order valence-electron chi connectivity index (χ1n) is 5.79. The fourth-order valence-corrected chi connectivity index (χ4v) is 2.75. The van der Waals surface area contributed by atoms with Gasteiger partial charge in [-0.15, -0.1) is 11.3 Å². The topological polar surface area (TPSA) is 41.1 Å². The van der Waals surface area contributed by atoms with E-state index in [9.17, 15) is 4.79 Å². The van der Waals surface area contributed by atoms with Crippen molar-refractivity contribution in [3.63, 3.8) is 0 Å². The highest BCUT2D eigenvalue weighted by molar-refractivity contribution is 7.09. The number of nitrogens with one attached hydrogen (secondary N) is 2. The van der Waals surface area contributed by atoms with Crippen LogP contribution in [0, 0.1) is 5.92 Å². The highest BCUT2D eigenvalue weighted by Crippen LogP contribution is 2.16. The summed E-state index contributed by atoms with van der Waals surface area (Å²) in [5.74, 6) is 0.401. The largest absolute Gasteiger partial charge is 0.351 e. The molecule has 1 fully saturated rings. The van der Waals surface area contributed by atoms with Gasteiger partial charge in [0.05, 0.1) is 6.54 Å². The molecule has 0 bridgehead atoms. The van der Waals surface area contributed by atoms with Gasteiger partial charge in [0.2, 0.25) is 5.91 Å². The number of hydrogen-bond donors (Lipinski definition) is 2. The van der Waals surface area contributed by atoms with Crippen LogP contribution in [0.4, 0.5) is 0 Å². The van der Waals surface area contributed by atoms with E-state index in [1.165, 1.54) is 4.88 Å². The van der Waals surface area contributed by atoms with Crippen molar-refractivity contribution in [3.05, 3.63) is 22.4 Å². The van der Waals surface area contributed by atoms with E-state index in [-0.39, 0.29) is 11.8 Å². The predicted octanol–water partition coefficient (Wildman–Crippen LogP) is 1.75. The van der Waals surface area contributed by atoms with Gasteiger partial charge in [0, 0.05) is 16.8 Å². The van der Waals surface area contributed by atoms with E-state index in [1.807, 2.05) is 11.4 Å². The van der Waals surface area contributed by atoms with Crippen molar-refractivity contribution in [2.24, 2.45) is 5.92 Å². The molecular formula is C12H18N2OS. The van der Waals surface area contributed by atoms with E-state index < -0.39 is 0 Å². The fraction of sp³-hybridized carbons (Fsp3) is 0.583. The molecule has 1 amide bonds. The molecule has 4 heteroatoms. The van der Waals surface area contributed by atoms with Crippen molar-refractivity contribution in [2.75, 3.05) is 6.54 Å². The van der Waals surface area contributed by atoms with E-state index in [0.29, 0.717) is 12.6 Å². The third-order valence-corrected chi connectivity index (χ3v) is 3.89. The van der Waals surface area contributed by atoms with Gasteiger partial charge in [0.1, 0.15) is 0 Å². The summed E-state index contributed by atoms with van der Waals surface area (Å²) in [7, 11) is 0. The Hall–Kier alpha value is -0.870. The van der Waals surface area contributed by atoms with Crippen LogP contribution in [0.3, 0.4) is 0 Å². The Labute approximate surface area is 100 Å². The number of piperidine rings is 1. The van der Waals surface area contributed by atoms with Crippen LogP contribution in [-0.2, 0) is 11.3 Å². The van der Waals surface area contributed by atoms with Gasteiger partial charge in [-0.3, -0.25) is 4.79 Å². The van der Waals surface area contributed by atoms with Crippen LogP contribution in [0.25, 0.3) is 0 Å². The maximum absolute atomic E-state index is 11.9. The summed E-state index contributed by atoms with van der Waals surface area (Å²) in [4.78, 5) is 13.1. The number of rotatable bonds is 3. The standard InChI is InChI=1S/C12H18N2OS/c1-9-7-10(4-5-13-9)12(15)14-8-11-3-2-6-16-11/h2-3,6,9-10,13H,4-5,7-8H2,1H3,(H,14,15). The lowest BCUT2D eigenvalue weighted by Gasteiger charge is -2.27. The summed E-state index contributed by atoms with van der Waals surface area (Å²) in [5, 5.41) is 8.41. The maximum atomic E-state index is 11.9. The number of hydrogen-bond acceptors (Lipinski definition) is 3. The lowest BCUT2D eigenvalue weighted by Crippen LogP contribution is -2.42. The van der Waals surface area contributed by atoms with E-state index in [1.54, 1.807) is 11.3 Å². The Morgan fingerprint density at radius 2 is 2.56 bits per heavy atom. The molecule has 2 heterocycles. The van der Waals surface area contributed by atoms with Gasteiger partial charge in [-0.05, 0) is 37.8 Å². The summed E-state index contributed by atoms with van der Waals surface area (Å²) in [6.07, 6.45) is 1.91. The average Bonchev–Trinajstić information content (AvgIpc) is 2.78. The van der Waals surface area contributed by atoms with Crippen molar-refractivity contribution in [1.82, 2.24) is 10.6 Å². The number of thiophene rings is 1. The number of carbonyl (C=O) groups is 1. The Balaban J connectivity index is 1.79. The van der Waals surface area contributed by atoms with Crippen LogP contribution in [0.15, 0.2) is 17.5 Å². The molecule has 2 N–H and O–H groups in total. The molecule has 1 aliphatic rings. The SMILES string of the molecule is CC1CC(C(=O)NCc2cccs2)CCN1.